The molecule has 4 N–H and O–H groups in total. The van der Waals surface area contributed by atoms with Gasteiger partial charge in [0.1, 0.15) is 0 Å². The molecule has 0 radical (unpaired) electrons. The predicted octanol–water partition coefficient (Wildman–Crippen LogP) is 0.804. The Morgan fingerprint density at radius 2 is 1.87 bits per heavy atom. The Morgan fingerprint density at radius 1 is 1.26 bits per heavy atom. The Labute approximate surface area is 202 Å². The highest BCUT2D eigenvalue weighted by Gasteiger charge is 2.31. The Hall–Kier alpha value is -1.44. The average molecular weight is 567 g/mol. The van der Waals surface area contributed by atoms with Crippen molar-refractivity contribution in [2.75, 3.05) is 33.7 Å². The van der Waals surface area contributed by atoms with Crippen molar-refractivity contribution in [1.82, 2.24) is 20.4 Å². The van der Waals surface area contributed by atoms with E-state index in [0.717, 1.165) is 18.7 Å². The van der Waals surface area contributed by atoms with Crippen LogP contribution in [0.5, 0.6) is 0 Å². The van der Waals surface area contributed by atoms with Gasteiger partial charge in [0.15, 0.2) is 5.96 Å². The average Bonchev–Trinajstić information content (AvgIpc) is 3.04. The standard InChI is InChI=1S/C20H34N6O3S.HI/c1-14(2)26-12-15(3)18(13-26)24-20(23-11-19(27)25(4)5)22-10-16-6-8-17(9-7-16)30(21,28)29;/h6-9,14-15,18H,10-13H2,1-5H3,(H2,21,28,29)(H2,22,23,24);1H. The predicted molar refractivity (Wildman–Crippen MR) is 134 cm³/mol. The SMILES string of the molecule is CC1CN(C(C)C)CC1NC(=NCc1ccc(S(N)(=O)=O)cc1)NCC(=O)N(C)C.I. The number of aliphatic imine (C=N–C) groups is 1. The van der Waals surface area contributed by atoms with Gasteiger partial charge in [-0.1, -0.05) is 19.1 Å². The smallest absolute Gasteiger partial charge is 0.241 e. The first-order chi connectivity index (χ1) is 14.0. The monoisotopic (exact) mass is 566 g/mol. The van der Waals surface area contributed by atoms with E-state index in [-0.39, 0.29) is 47.4 Å². The number of hydrogen-bond acceptors (Lipinski definition) is 5. The van der Waals surface area contributed by atoms with Crippen molar-refractivity contribution in [3.63, 3.8) is 0 Å². The molecule has 1 aromatic carbocycles. The molecule has 2 rings (SSSR count). The van der Waals surface area contributed by atoms with Gasteiger partial charge in [0, 0.05) is 39.3 Å². The Bertz CT molecular complexity index is 858. The maximum atomic E-state index is 12.0. The third kappa shape index (κ3) is 8.54. The summed E-state index contributed by atoms with van der Waals surface area (Å²) >= 11 is 0. The van der Waals surface area contributed by atoms with Crippen molar-refractivity contribution in [2.24, 2.45) is 16.0 Å². The van der Waals surface area contributed by atoms with E-state index in [1.165, 1.54) is 17.0 Å². The first-order valence-corrected chi connectivity index (χ1v) is 11.6. The fraction of sp³-hybridized carbons (Fsp3) is 0.600. The summed E-state index contributed by atoms with van der Waals surface area (Å²) in [5.41, 5.74) is 0.839. The van der Waals surface area contributed by atoms with Crippen LogP contribution in [0, 0.1) is 5.92 Å². The number of likely N-dealkylation sites (tertiary alicyclic amines) is 1. The highest BCUT2D eigenvalue weighted by Crippen LogP contribution is 2.18. The lowest BCUT2D eigenvalue weighted by atomic mass is 10.1. The van der Waals surface area contributed by atoms with Crippen molar-refractivity contribution < 1.29 is 13.2 Å². The topological polar surface area (TPSA) is 120 Å². The van der Waals surface area contributed by atoms with E-state index >= 15 is 0 Å². The number of guanidine groups is 1. The maximum absolute atomic E-state index is 12.0. The van der Waals surface area contributed by atoms with Crippen LogP contribution in [0.15, 0.2) is 34.2 Å². The largest absolute Gasteiger partial charge is 0.352 e. The Morgan fingerprint density at radius 3 is 2.35 bits per heavy atom. The van der Waals surface area contributed by atoms with Crippen molar-refractivity contribution in [2.45, 2.75) is 44.3 Å². The quantitative estimate of drug-likeness (QED) is 0.255. The molecule has 0 bridgehead atoms. The van der Waals surface area contributed by atoms with Crippen LogP contribution in [0.4, 0.5) is 0 Å². The Kier molecular flexibility index (Phi) is 10.7. The molecule has 1 aromatic rings. The second-order valence-electron chi connectivity index (χ2n) is 8.27. The summed E-state index contributed by atoms with van der Waals surface area (Å²) in [4.78, 5) is 20.6. The van der Waals surface area contributed by atoms with Crippen LogP contribution in [-0.2, 0) is 21.4 Å². The van der Waals surface area contributed by atoms with Crippen LogP contribution in [0.1, 0.15) is 26.3 Å². The molecule has 31 heavy (non-hydrogen) atoms. The van der Waals surface area contributed by atoms with E-state index in [2.05, 4.69) is 41.3 Å². The molecule has 1 fully saturated rings. The van der Waals surface area contributed by atoms with E-state index < -0.39 is 10.0 Å². The lowest BCUT2D eigenvalue weighted by Gasteiger charge is -2.22. The summed E-state index contributed by atoms with van der Waals surface area (Å²) in [5, 5.41) is 11.7. The minimum atomic E-state index is -3.72. The molecule has 0 aliphatic carbocycles. The van der Waals surface area contributed by atoms with Crippen LogP contribution in [0.25, 0.3) is 0 Å². The number of nitrogens with zero attached hydrogens (tertiary/aromatic N) is 3. The summed E-state index contributed by atoms with van der Waals surface area (Å²) in [5.74, 6) is 0.950. The lowest BCUT2D eigenvalue weighted by molar-refractivity contribution is -0.127. The highest BCUT2D eigenvalue weighted by molar-refractivity contribution is 14.0. The number of sulfonamides is 1. The zero-order valence-corrected chi connectivity index (χ0v) is 22.0. The summed E-state index contributed by atoms with van der Waals surface area (Å²) in [7, 11) is -0.300. The number of carbonyl (C=O) groups excluding carboxylic acids is 1. The number of nitrogens with one attached hydrogen (secondary N) is 2. The molecule has 1 heterocycles. The molecule has 1 amide bonds. The van der Waals surface area contributed by atoms with Gasteiger partial charge in [-0.2, -0.15) is 0 Å². The van der Waals surface area contributed by atoms with Gasteiger partial charge >= 0.3 is 0 Å². The summed E-state index contributed by atoms with van der Waals surface area (Å²) in [6.07, 6.45) is 0. The number of amides is 1. The molecule has 9 nitrogen and oxygen atoms in total. The van der Waals surface area contributed by atoms with E-state index in [1.54, 1.807) is 26.2 Å². The molecule has 0 spiro atoms. The van der Waals surface area contributed by atoms with Crippen molar-refractivity contribution in [3.8, 4) is 0 Å². The van der Waals surface area contributed by atoms with Crippen LogP contribution in [0.3, 0.4) is 0 Å². The van der Waals surface area contributed by atoms with Gasteiger partial charge in [0.2, 0.25) is 15.9 Å². The van der Waals surface area contributed by atoms with Gasteiger partial charge in [0.25, 0.3) is 0 Å². The first-order valence-electron chi connectivity index (χ1n) is 10.1. The molecule has 2 atom stereocenters. The Balaban J connectivity index is 0.00000480. The van der Waals surface area contributed by atoms with Crippen LogP contribution < -0.4 is 15.8 Å². The van der Waals surface area contributed by atoms with E-state index in [0.29, 0.717) is 24.5 Å². The molecular weight excluding hydrogens is 531 g/mol. The van der Waals surface area contributed by atoms with Crippen LogP contribution >= 0.6 is 24.0 Å². The minimum Gasteiger partial charge on any atom is -0.352 e. The summed E-state index contributed by atoms with van der Waals surface area (Å²) in [6.45, 7) is 8.96. The van der Waals surface area contributed by atoms with E-state index in [1.807, 2.05) is 0 Å². The fourth-order valence-corrected chi connectivity index (χ4v) is 3.73. The van der Waals surface area contributed by atoms with Gasteiger partial charge < -0.3 is 15.5 Å². The fourth-order valence-electron chi connectivity index (χ4n) is 3.21. The third-order valence-corrected chi connectivity index (χ3v) is 6.20. The molecule has 176 valence electrons. The highest BCUT2D eigenvalue weighted by atomic mass is 127. The third-order valence-electron chi connectivity index (χ3n) is 5.27. The second kappa shape index (κ2) is 12.0. The second-order valence-corrected chi connectivity index (χ2v) is 9.83. The van der Waals surface area contributed by atoms with Crippen molar-refractivity contribution in [1.29, 1.82) is 0 Å². The zero-order chi connectivity index (χ0) is 22.5. The molecule has 1 saturated heterocycles. The zero-order valence-electron chi connectivity index (χ0n) is 18.8. The maximum Gasteiger partial charge on any atom is 0.241 e. The van der Waals surface area contributed by atoms with Crippen LogP contribution in [0.2, 0.25) is 0 Å². The van der Waals surface area contributed by atoms with E-state index in [4.69, 9.17) is 5.14 Å². The molecular formula is C20H35IN6O3S. The number of rotatable bonds is 7. The number of halogens is 1. The van der Waals surface area contributed by atoms with Gasteiger partial charge in [-0.3, -0.25) is 9.69 Å². The van der Waals surface area contributed by atoms with Gasteiger partial charge in [-0.25, -0.2) is 18.5 Å². The van der Waals surface area contributed by atoms with Gasteiger partial charge in [-0.05, 0) is 37.5 Å². The van der Waals surface area contributed by atoms with Gasteiger partial charge in [0.05, 0.1) is 18.0 Å². The molecule has 11 heteroatoms. The lowest BCUT2D eigenvalue weighted by Crippen LogP contribution is -2.49. The summed E-state index contributed by atoms with van der Waals surface area (Å²) < 4.78 is 22.8. The van der Waals surface area contributed by atoms with E-state index in [9.17, 15) is 13.2 Å². The normalized spacial score (nSPS) is 19.8. The molecule has 2 unspecified atom stereocenters. The number of carbonyl (C=O) groups is 1. The molecule has 0 saturated carbocycles. The first kappa shape index (κ1) is 27.6. The molecule has 0 aromatic heterocycles. The number of likely N-dealkylation sites (N-methyl/N-ethyl adjacent to an activating group) is 1. The summed E-state index contributed by atoms with van der Waals surface area (Å²) in [6, 6.07) is 7.00. The number of primary sulfonamides is 1. The van der Waals surface area contributed by atoms with Gasteiger partial charge in [-0.15, -0.1) is 24.0 Å². The van der Waals surface area contributed by atoms with Crippen molar-refractivity contribution >= 4 is 45.9 Å². The van der Waals surface area contributed by atoms with Crippen LogP contribution in [-0.4, -0.2) is 75.9 Å². The number of hydrogen-bond donors (Lipinski definition) is 3. The molecule has 1 aliphatic rings. The number of nitrogens with two attached hydrogens (primary N) is 1. The molecule has 1 aliphatic heterocycles. The number of benzene rings is 1. The minimum absolute atomic E-state index is 0. The van der Waals surface area contributed by atoms with Crippen molar-refractivity contribution in [3.05, 3.63) is 29.8 Å².